The van der Waals surface area contributed by atoms with Crippen molar-refractivity contribution in [2.75, 3.05) is 0 Å². The monoisotopic (exact) mass is 287 g/mol. The van der Waals surface area contributed by atoms with E-state index in [-0.39, 0.29) is 5.78 Å². The number of halogens is 1. The van der Waals surface area contributed by atoms with Gasteiger partial charge in [-0.2, -0.15) is 11.3 Å². The molecule has 2 aromatic rings. The highest BCUT2D eigenvalue weighted by molar-refractivity contribution is 9.10. The fourth-order valence-electron chi connectivity index (χ4n) is 1.09. The first-order valence-electron chi connectivity index (χ1n) is 3.86. The molecule has 2 rings (SSSR count). The molecule has 0 spiro atoms. The second kappa shape index (κ2) is 3.92. The van der Waals surface area contributed by atoms with Gasteiger partial charge in [0, 0.05) is 20.8 Å². The summed E-state index contributed by atoms with van der Waals surface area (Å²) in [6.07, 6.45) is 0. The molecule has 0 aromatic carbocycles. The first kappa shape index (κ1) is 10.0. The Bertz CT molecular complexity index is 432. The molecule has 0 saturated carbocycles. The van der Waals surface area contributed by atoms with Crippen LogP contribution in [0.4, 0.5) is 0 Å². The van der Waals surface area contributed by atoms with Crippen molar-refractivity contribution in [1.82, 2.24) is 4.98 Å². The molecule has 72 valence electrons. The summed E-state index contributed by atoms with van der Waals surface area (Å²) in [6.45, 7) is 1.85. The van der Waals surface area contributed by atoms with E-state index < -0.39 is 0 Å². The van der Waals surface area contributed by atoms with Crippen LogP contribution in [0.3, 0.4) is 0 Å². The molecule has 0 aliphatic carbocycles. The van der Waals surface area contributed by atoms with Crippen molar-refractivity contribution in [3.8, 4) is 0 Å². The fraction of sp³-hybridized carbons (Fsp3) is 0.111. The van der Waals surface area contributed by atoms with Gasteiger partial charge in [-0.05, 0) is 22.9 Å². The lowest BCUT2D eigenvalue weighted by molar-refractivity contribution is 0.104. The average molecular weight is 288 g/mol. The molecule has 0 fully saturated rings. The summed E-state index contributed by atoms with van der Waals surface area (Å²) < 4.78 is 0.861. The molecule has 0 atom stereocenters. The van der Waals surface area contributed by atoms with Crippen molar-refractivity contribution in [2.45, 2.75) is 6.92 Å². The number of hydrogen-bond donors (Lipinski definition) is 0. The van der Waals surface area contributed by atoms with Crippen LogP contribution in [-0.4, -0.2) is 10.8 Å². The number of aryl methyl sites for hydroxylation is 1. The summed E-state index contributed by atoms with van der Waals surface area (Å²) in [5, 5.41) is 3.76. The van der Waals surface area contributed by atoms with E-state index in [1.165, 1.54) is 22.7 Å². The largest absolute Gasteiger partial charge is 0.288 e. The van der Waals surface area contributed by atoms with Gasteiger partial charge in [0.2, 0.25) is 5.78 Å². The highest BCUT2D eigenvalue weighted by Crippen LogP contribution is 2.26. The summed E-state index contributed by atoms with van der Waals surface area (Å²) in [4.78, 5) is 16.7. The summed E-state index contributed by atoms with van der Waals surface area (Å²) in [6, 6.07) is 0. The first-order chi connectivity index (χ1) is 6.70. The minimum atomic E-state index is 0.0538. The van der Waals surface area contributed by atoms with Crippen LogP contribution in [-0.2, 0) is 0 Å². The summed E-state index contributed by atoms with van der Waals surface area (Å²) in [7, 11) is 0. The van der Waals surface area contributed by atoms with Crippen molar-refractivity contribution < 1.29 is 4.79 Å². The van der Waals surface area contributed by atoms with Crippen LogP contribution in [0.25, 0.3) is 0 Å². The van der Waals surface area contributed by atoms with Crippen molar-refractivity contribution in [2.24, 2.45) is 0 Å². The number of thiazole rings is 1. The van der Waals surface area contributed by atoms with Crippen LogP contribution in [0.2, 0.25) is 0 Å². The Balaban J connectivity index is 2.44. The predicted octanol–water partition coefficient (Wildman–Crippen LogP) is 3.51. The third-order valence-corrected chi connectivity index (χ3v) is 4.44. The van der Waals surface area contributed by atoms with Crippen LogP contribution >= 0.6 is 38.6 Å². The van der Waals surface area contributed by atoms with Gasteiger partial charge < -0.3 is 0 Å². The lowest BCUT2D eigenvalue weighted by atomic mass is 10.2. The molecule has 0 bridgehead atoms. The summed E-state index contributed by atoms with van der Waals surface area (Å²) in [5.41, 5.74) is 3.23. The van der Waals surface area contributed by atoms with Crippen molar-refractivity contribution in [3.05, 3.63) is 36.9 Å². The maximum Gasteiger partial charge on any atom is 0.206 e. The van der Waals surface area contributed by atoms with E-state index in [1.807, 2.05) is 17.7 Å². The van der Waals surface area contributed by atoms with Gasteiger partial charge in [-0.3, -0.25) is 4.79 Å². The van der Waals surface area contributed by atoms with Gasteiger partial charge in [0.15, 0.2) is 0 Å². The normalized spacial score (nSPS) is 10.4. The molecule has 14 heavy (non-hydrogen) atoms. The molecular weight excluding hydrogens is 282 g/mol. The molecule has 2 heterocycles. The molecule has 0 aliphatic heterocycles. The van der Waals surface area contributed by atoms with Crippen molar-refractivity contribution in [1.29, 1.82) is 0 Å². The average Bonchev–Trinajstić information content (AvgIpc) is 2.73. The third kappa shape index (κ3) is 1.67. The molecule has 2 aromatic heterocycles. The highest BCUT2D eigenvalue weighted by Gasteiger charge is 2.17. The predicted molar refractivity (Wildman–Crippen MR) is 62.3 cm³/mol. The molecule has 2 nitrogen and oxygen atoms in total. The number of carbonyl (C=O) groups excluding carboxylic acids is 1. The number of nitrogens with zero attached hydrogens (tertiary/aromatic N) is 1. The van der Waals surface area contributed by atoms with E-state index >= 15 is 0 Å². The van der Waals surface area contributed by atoms with Gasteiger partial charge in [-0.15, -0.1) is 11.3 Å². The van der Waals surface area contributed by atoms with E-state index in [4.69, 9.17) is 0 Å². The number of thiophene rings is 1. The van der Waals surface area contributed by atoms with Crippen LogP contribution < -0.4 is 0 Å². The van der Waals surface area contributed by atoms with Crippen LogP contribution in [0.15, 0.2) is 20.7 Å². The Kier molecular flexibility index (Phi) is 2.80. The molecular formula is C9H6BrNOS2. The Morgan fingerprint density at radius 1 is 1.50 bits per heavy atom. The zero-order valence-electron chi connectivity index (χ0n) is 7.28. The maximum absolute atomic E-state index is 12.0. The number of rotatable bonds is 2. The molecule has 0 aliphatic rings. The lowest BCUT2D eigenvalue weighted by Gasteiger charge is -1.95. The van der Waals surface area contributed by atoms with Crippen molar-refractivity contribution >= 4 is 44.4 Å². The summed E-state index contributed by atoms with van der Waals surface area (Å²) in [5.74, 6) is 0.0538. The quantitative estimate of drug-likeness (QED) is 0.792. The number of ketones is 1. The smallest absolute Gasteiger partial charge is 0.206 e. The third-order valence-electron chi connectivity index (χ3n) is 1.81. The van der Waals surface area contributed by atoms with Crippen LogP contribution in [0.5, 0.6) is 0 Å². The molecule has 0 radical (unpaired) electrons. The molecule has 0 saturated heterocycles. The van der Waals surface area contributed by atoms with Crippen LogP contribution in [0.1, 0.15) is 20.9 Å². The molecule has 0 amide bonds. The summed E-state index contributed by atoms with van der Waals surface area (Å²) >= 11 is 6.25. The van der Waals surface area contributed by atoms with Gasteiger partial charge in [0.1, 0.15) is 0 Å². The van der Waals surface area contributed by atoms with E-state index in [0.29, 0.717) is 0 Å². The maximum atomic E-state index is 12.0. The van der Waals surface area contributed by atoms with E-state index in [1.54, 1.807) is 5.51 Å². The first-order valence-corrected chi connectivity index (χ1v) is 6.48. The van der Waals surface area contributed by atoms with Gasteiger partial charge in [-0.1, -0.05) is 0 Å². The number of carbonyl (C=O) groups is 1. The lowest BCUT2D eigenvalue weighted by Crippen LogP contribution is -1.99. The molecule has 5 heteroatoms. The number of hydrogen-bond acceptors (Lipinski definition) is 4. The Morgan fingerprint density at radius 3 is 2.79 bits per heavy atom. The second-order valence-corrected chi connectivity index (χ2v) is 5.18. The Morgan fingerprint density at radius 2 is 2.29 bits per heavy atom. The molecule has 0 unspecified atom stereocenters. The standard InChI is InChI=1S/C9H6BrNOS2/c1-5-9(14-4-11-5)8(12)6-2-13-3-7(6)10/h2-4H,1H3. The van der Waals surface area contributed by atoms with Gasteiger partial charge >= 0.3 is 0 Å². The van der Waals surface area contributed by atoms with E-state index in [9.17, 15) is 4.79 Å². The second-order valence-electron chi connectivity index (χ2n) is 2.73. The number of aromatic nitrogens is 1. The molecule has 0 N–H and O–H groups in total. The zero-order valence-corrected chi connectivity index (χ0v) is 10.5. The Labute approximate surface area is 97.7 Å². The van der Waals surface area contributed by atoms with E-state index in [0.717, 1.165) is 20.6 Å². The van der Waals surface area contributed by atoms with Crippen molar-refractivity contribution in [3.63, 3.8) is 0 Å². The Hall–Kier alpha value is -0.520. The van der Waals surface area contributed by atoms with Crippen LogP contribution in [0, 0.1) is 6.92 Å². The highest BCUT2D eigenvalue weighted by atomic mass is 79.9. The van der Waals surface area contributed by atoms with Gasteiger partial charge in [0.25, 0.3) is 0 Å². The zero-order chi connectivity index (χ0) is 10.1. The topological polar surface area (TPSA) is 30.0 Å². The van der Waals surface area contributed by atoms with Gasteiger partial charge in [0.05, 0.1) is 16.1 Å². The van der Waals surface area contributed by atoms with E-state index in [2.05, 4.69) is 20.9 Å². The SMILES string of the molecule is Cc1ncsc1C(=O)c1cscc1Br. The minimum Gasteiger partial charge on any atom is -0.288 e. The fourth-order valence-corrected chi connectivity index (χ4v) is 3.30. The van der Waals surface area contributed by atoms with Gasteiger partial charge in [-0.25, -0.2) is 4.98 Å². The minimum absolute atomic E-state index is 0.0538.